The summed E-state index contributed by atoms with van der Waals surface area (Å²) in [5.74, 6) is 5.54. The van der Waals surface area contributed by atoms with Crippen molar-refractivity contribution in [1.82, 2.24) is 9.78 Å². The summed E-state index contributed by atoms with van der Waals surface area (Å²) < 4.78 is 38.9. The molecule has 2 atom stereocenters. The fraction of sp³-hybridized carbons (Fsp3) is 0.240. The van der Waals surface area contributed by atoms with Gasteiger partial charge in [0.1, 0.15) is 11.4 Å². The highest BCUT2D eigenvalue weighted by Crippen LogP contribution is 2.55. The summed E-state index contributed by atoms with van der Waals surface area (Å²) in [7, 11) is -3.93. The van der Waals surface area contributed by atoms with Crippen LogP contribution in [-0.2, 0) is 16.4 Å². The summed E-state index contributed by atoms with van der Waals surface area (Å²) in [6, 6.07) is 12.4. The quantitative estimate of drug-likeness (QED) is 0.571. The third kappa shape index (κ3) is 3.49. The molecule has 2 aliphatic carbocycles. The molecule has 0 aliphatic heterocycles. The maximum absolute atomic E-state index is 13.3. The number of hydrogen-bond acceptors (Lipinski definition) is 4. The molecule has 0 unspecified atom stereocenters. The van der Waals surface area contributed by atoms with Crippen LogP contribution in [0.15, 0.2) is 65.2 Å². The van der Waals surface area contributed by atoms with Crippen molar-refractivity contribution in [3.63, 3.8) is 0 Å². The molecule has 0 amide bonds. The number of nitrogens with two attached hydrogens (primary N) is 1. The summed E-state index contributed by atoms with van der Waals surface area (Å²) in [6.07, 6.45) is 5.39. The molecule has 2 aliphatic rings. The minimum absolute atomic E-state index is 0.0634. The van der Waals surface area contributed by atoms with Crippen LogP contribution in [0.4, 0.5) is 4.39 Å². The lowest BCUT2D eigenvalue weighted by Crippen LogP contribution is -2.44. The molecular formula is C25H22FN3O3S. The van der Waals surface area contributed by atoms with Crippen LogP contribution in [0.2, 0.25) is 0 Å². The molecule has 33 heavy (non-hydrogen) atoms. The summed E-state index contributed by atoms with van der Waals surface area (Å²) in [5, 5.41) is 21.4. The summed E-state index contributed by atoms with van der Waals surface area (Å²) >= 11 is 0. The van der Waals surface area contributed by atoms with Crippen molar-refractivity contribution in [2.45, 2.75) is 36.7 Å². The third-order valence-corrected chi connectivity index (χ3v) is 7.76. The van der Waals surface area contributed by atoms with E-state index in [2.05, 4.69) is 16.9 Å². The SMILES string of the molecule is C[C@]12Cc3cnn(-c4ccc(F)cc4)c3C=C1CC[C@@]2(O)C#Cc1ccccc1S(N)(=O)=O. The number of sulfonamides is 1. The lowest BCUT2D eigenvalue weighted by molar-refractivity contribution is 0.0153. The van der Waals surface area contributed by atoms with Crippen LogP contribution in [0.5, 0.6) is 0 Å². The lowest BCUT2D eigenvalue weighted by atomic mass is 9.67. The topological polar surface area (TPSA) is 98.2 Å². The van der Waals surface area contributed by atoms with Crippen molar-refractivity contribution in [2.75, 3.05) is 0 Å². The monoisotopic (exact) mass is 463 g/mol. The van der Waals surface area contributed by atoms with Gasteiger partial charge in [0.25, 0.3) is 0 Å². The van der Waals surface area contributed by atoms with Crippen molar-refractivity contribution in [1.29, 1.82) is 0 Å². The van der Waals surface area contributed by atoms with E-state index < -0.39 is 21.0 Å². The van der Waals surface area contributed by atoms with Crippen LogP contribution in [0, 0.1) is 23.1 Å². The standard InChI is InChI=1S/C25H22FN3O3S/c1-24-15-18-16-28-29(21-8-6-20(26)7-9-21)22(18)14-19(24)11-13-25(24,30)12-10-17-4-2-3-5-23(17)33(27,31)32/h2-9,14,16,30H,11,13,15H2,1H3,(H2,27,31,32)/t24-,25-/m0/s1. The molecule has 2 aromatic carbocycles. The smallest absolute Gasteiger partial charge is 0.239 e. The van der Waals surface area contributed by atoms with E-state index in [9.17, 15) is 17.9 Å². The molecule has 168 valence electrons. The van der Waals surface area contributed by atoms with Gasteiger partial charge in [-0.1, -0.05) is 36.5 Å². The van der Waals surface area contributed by atoms with Gasteiger partial charge >= 0.3 is 0 Å². The van der Waals surface area contributed by atoms with Crippen LogP contribution < -0.4 is 5.14 Å². The number of aromatic nitrogens is 2. The van der Waals surface area contributed by atoms with Crippen LogP contribution in [0.3, 0.4) is 0 Å². The molecule has 0 bridgehead atoms. The molecule has 0 radical (unpaired) electrons. The Morgan fingerprint density at radius 3 is 2.64 bits per heavy atom. The van der Waals surface area contributed by atoms with Crippen molar-refractivity contribution in [3.8, 4) is 17.5 Å². The van der Waals surface area contributed by atoms with Gasteiger partial charge < -0.3 is 5.11 Å². The van der Waals surface area contributed by atoms with Crippen LogP contribution in [0.1, 0.15) is 36.6 Å². The van der Waals surface area contributed by atoms with E-state index in [0.717, 1.165) is 22.5 Å². The Morgan fingerprint density at radius 2 is 1.91 bits per heavy atom. The predicted octanol–water partition coefficient (Wildman–Crippen LogP) is 3.18. The van der Waals surface area contributed by atoms with Gasteiger partial charge in [0, 0.05) is 11.0 Å². The molecule has 1 aromatic heterocycles. The molecule has 5 rings (SSSR count). The first-order chi connectivity index (χ1) is 15.6. The minimum atomic E-state index is -3.93. The highest BCUT2D eigenvalue weighted by Gasteiger charge is 2.54. The molecule has 3 aromatic rings. The molecule has 8 heteroatoms. The zero-order valence-corrected chi connectivity index (χ0v) is 18.7. The number of primary sulfonamides is 1. The molecule has 3 N–H and O–H groups in total. The van der Waals surface area contributed by atoms with Crippen LogP contribution in [-0.4, -0.2) is 28.9 Å². The number of fused-ring (bicyclic) bond motifs is 2. The summed E-state index contributed by atoms with van der Waals surface area (Å²) in [5.41, 5.74) is 1.93. The largest absolute Gasteiger partial charge is 0.377 e. The third-order valence-electron chi connectivity index (χ3n) is 6.79. The summed E-state index contributed by atoms with van der Waals surface area (Å²) in [6.45, 7) is 1.98. The van der Waals surface area contributed by atoms with Gasteiger partial charge in [-0.2, -0.15) is 5.10 Å². The Balaban J connectivity index is 1.53. The average Bonchev–Trinajstić information content (AvgIpc) is 3.29. The van der Waals surface area contributed by atoms with Crippen LogP contribution in [0.25, 0.3) is 11.8 Å². The van der Waals surface area contributed by atoms with E-state index >= 15 is 0 Å². The average molecular weight is 464 g/mol. The Kier molecular flexibility index (Phi) is 4.83. The maximum atomic E-state index is 13.3. The van der Waals surface area contributed by atoms with Gasteiger partial charge in [-0.3, -0.25) is 0 Å². The number of nitrogens with zero attached hydrogens (tertiary/aromatic N) is 2. The molecule has 1 heterocycles. The van der Waals surface area contributed by atoms with E-state index in [1.807, 2.05) is 13.0 Å². The maximum Gasteiger partial charge on any atom is 0.239 e. The molecule has 6 nitrogen and oxygen atoms in total. The Hall–Kier alpha value is -3.25. The minimum Gasteiger partial charge on any atom is -0.377 e. The highest BCUT2D eigenvalue weighted by molar-refractivity contribution is 7.89. The lowest BCUT2D eigenvalue weighted by Gasteiger charge is -2.39. The Labute approximate surface area is 191 Å². The Bertz CT molecular complexity index is 1460. The van der Waals surface area contributed by atoms with Gasteiger partial charge in [-0.25, -0.2) is 22.6 Å². The highest BCUT2D eigenvalue weighted by atomic mass is 32.2. The number of aliphatic hydroxyl groups is 1. The molecule has 1 saturated carbocycles. The number of hydrogen-bond donors (Lipinski definition) is 2. The number of halogens is 1. The van der Waals surface area contributed by atoms with E-state index in [1.165, 1.54) is 18.2 Å². The van der Waals surface area contributed by atoms with Gasteiger partial charge in [0.15, 0.2) is 0 Å². The fourth-order valence-corrected chi connectivity index (χ4v) is 5.52. The van der Waals surface area contributed by atoms with Crippen molar-refractivity contribution < 1.29 is 17.9 Å². The van der Waals surface area contributed by atoms with E-state index in [0.29, 0.717) is 19.3 Å². The fourth-order valence-electron chi connectivity index (χ4n) is 4.83. The van der Waals surface area contributed by atoms with E-state index in [4.69, 9.17) is 5.14 Å². The van der Waals surface area contributed by atoms with Crippen molar-refractivity contribution in [2.24, 2.45) is 10.6 Å². The van der Waals surface area contributed by atoms with Crippen molar-refractivity contribution in [3.05, 3.63) is 82.9 Å². The van der Waals surface area contributed by atoms with E-state index in [1.54, 1.807) is 41.2 Å². The predicted molar refractivity (Wildman–Crippen MR) is 122 cm³/mol. The molecule has 0 saturated heterocycles. The second-order valence-electron chi connectivity index (χ2n) is 8.77. The first kappa shape index (κ1) is 21.6. The Morgan fingerprint density at radius 1 is 1.18 bits per heavy atom. The van der Waals surface area contributed by atoms with Gasteiger partial charge in [-0.05, 0) is 67.3 Å². The summed E-state index contributed by atoms with van der Waals surface area (Å²) in [4.78, 5) is -0.0634. The zero-order chi connectivity index (χ0) is 23.4. The zero-order valence-electron chi connectivity index (χ0n) is 17.9. The number of benzene rings is 2. The van der Waals surface area contributed by atoms with E-state index in [-0.39, 0.29) is 16.3 Å². The normalized spacial score (nSPS) is 23.8. The second-order valence-corrected chi connectivity index (χ2v) is 10.3. The first-order valence-corrected chi connectivity index (χ1v) is 12.1. The number of rotatable bonds is 2. The molecule has 0 spiro atoms. The van der Waals surface area contributed by atoms with Gasteiger partial charge in [-0.15, -0.1) is 0 Å². The van der Waals surface area contributed by atoms with Gasteiger partial charge in [0.05, 0.1) is 22.5 Å². The second kappa shape index (κ2) is 7.39. The van der Waals surface area contributed by atoms with Crippen LogP contribution >= 0.6 is 0 Å². The molecule has 1 fully saturated rings. The molecular weight excluding hydrogens is 441 g/mol. The first-order valence-electron chi connectivity index (χ1n) is 10.5. The van der Waals surface area contributed by atoms with Crippen molar-refractivity contribution >= 4 is 16.1 Å². The van der Waals surface area contributed by atoms with Gasteiger partial charge in [0.2, 0.25) is 10.0 Å².